The number of hydrogen-bond donors (Lipinski definition) is 2. The summed E-state index contributed by atoms with van der Waals surface area (Å²) in [7, 11) is 0. The van der Waals surface area contributed by atoms with E-state index >= 15 is 0 Å². The molecule has 1 aromatic rings. The topological polar surface area (TPSA) is 49.8 Å². The Morgan fingerprint density at radius 3 is 2.72 bits per heavy atom. The van der Waals surface area contributed by atoms with E-state index in [4.69, 9.17) is 0 Å². The quantitative estimate of drug-likeness (QED) is 0.658. The number of rotatable bonds is 9. The van der Waals surface area contributed by atoms with E-state index in [9.17, 15) is 0 Å². The lowest BCUT2D eigenvalue weighted by Crippen LogP contribution is -2.09. The van der Waals surface area contributed by atoms with E-state index < -0.39 is 0 Å². The van der Waals surface area contributed by atoms with E-state index in [1.807, 2.05) is 6.07 Å². The molecule has 0 amide bonds. The first kappa shape index (κ1) is 14.7. The van der Waals surface area contributed by atoms with Crippen LogP contribution in [0.15, 0.2) is 12.3 Å². The molecule has 0 unspecified atom stereocenters. The maximum absolute atomic E-state index is 4.43. The highest BCUT2D eigenvalue weighted by Crippen LogP contribution is 2.07. The lowest BCUT2D eigenvalue weighted by atomic mass is 10.1. The predicted octanol–water partition coefficient (Wildman–Crippen LogP) is 3.54. The first-order valence-electron chi connectivity index (χ1n) is 7.03. The fourth-order valence-electron chi connectivity index (χ4n) is 1.61. The van der Waals surface area contributed by atoms with E-state index in [0.29, 0.717) is 5.92 Å². The molecule has 4 nitrogen and oxygen atoms in total. The molecule has 0 radical (unpaired) electrons. The van der Waals surface area contributed by atoms with Crippen molar-refractivity contribution in [3.63, 3.8) is 0 Å². The summed E-state index contributed by atoms with van der Waals surface area (Å²) < 4.78 is 0. The van der Waals surface area contributed by atoms with Crippen molar-refractivity contribution in [3.05, 3.63) is 12.3 Å². The monoisotopic (exact) mass is 250 g/mol. The van der Waals surface area contributed by atoms with Gasteiger partial charge in [0.15, 0.2) is 0 Å². The molecule has 0 atom stereocenters. The van der Waals surface area contributed by atoms with Gasteiger partial charge in [-0.3, -0.25) is 0 Å². The van der Waals surface area contributed by atoms with Crippen molar-refractivity contribution in [1.29, 1.82) is 0 Å². The Kier molecular flexibility index (Phi) is 7.14. The third-order valence-electron chi connectivity index (χ3n) is 2.75. The highest BCUT2D eigenvalue weighted by molar-refractivity contribution is 5.39. The highest BCUT2D eigenvalue weighted by Gasteiger charge is 1.99. The minimum Gasteiger partial charge on any atom is -0.370 e. The first-order chi connectivity index (χ1) is 8.72. The molecule has 4 heteroatoms. The molecular formula is C14H26N4. The number of aromatic nitrogens is 2. The van der Waals surface area contributed by atoms with Gasteiger partial charge in [0.05, 0.1) is 0 Å². The average Bonchev–Trinajstić information content (AvgIpc) is 2.35. The summed E-state index contributed by atoms with van der Waals surface area (Å²) in [4.78, 5) is 8.65. The number of hydrogen-bond acceptors (Lipinski definition) is 4. The van der Waals surface area contributed by atoms with Crippen LogP contribution in [0.25, 0.3) is 0 Å². The zero-order valence-electron chi connectivity index (χ0n) is 11.9. The summed E-state index contributed by atoms with van der Waals surface area (Å²) in [5.74, 6) is 2.33. The molecule has 0 aliphatic carbocycles. The van der Waals surface area contributed by atoms with Crippen LogP contribution in [0.3, 0.4) is 0 Å². The van der Waals surface area contributed by atoms with Crippen LogP contribution in [0.5, 0.6) is 0 Å². The third-order valence-corrected chi connectivity index (χ3v) is 2.75. The summed E-state index contributed by atoms with van der Waals surface area (Å²) in [6.45, 7) is 8.55. The fraction of sp³-hybridized carbons (Fsp3) is 0.714. The number of nitrogens with zero attached hydrogens (tertiary/aromatic N) is 2. The predicted molar refractivity (Wildman–Crippen MR) is 78.0 cm³/mol. The van der Waals surface area contributed by atoms with Gasteiger partial charge in [0, 0.05) is 19.3 Å². The van der Waals surface area contributed by atoms with Crippen LogP contribution >= 0.6 is 0 Å². The summed E-state index contributed by atoms with van der Waals surface area (Å²) in [6, 6.07) is 1.92. The molecule has 0 spiro atoms. The van der Waals surface area contributed by atoms with E-state index in [-0.39, 0.29) is 0 Å². The SMILES string of the molecule is CCCCCNc1ccnc(NCCC(C)C)n1. The molecule has 18 heavy (non-hydrogen) atoms. The molecule has 0 saturated heterocycles. The Morgan fingerprint density at radius 2 is 2.00 bits per heavy atom. The summed E-state index contributed by atoms with van der Waals surface area (Å²) >= 11 is 0. The van der Waals surface area contributed by atoms with Crippen molar-refractivity contribution in [2.75, 3.05) is 23.7 Å². The first-order valence-corrected chi connectivity index (χ1v) is 7.03. The van der Waals surface area contributed by atoms with Crippen molar-refractivity contribution >= 4 is 11.8 Å². The van der Waals surface area contributed by atoms with Gasteiger partial charge >= 0.3 is 0 Å². The minimum atomic E-state index is 0.702. The van der Waals surface area contributed by atoms with Crippen LogP contribution < -0.4 is 10.6 Å². The van der Waals surface area contributed by atoms with Gasteiger partial charge in [0.25, 0.3) is 0 Å². The molecule has 0 fully saturated rings. The summed E-state index contributed by atoms with van der Waals surface area (Å²) in [5.41, 5.74) is 0. The van der Waals surface area contributed by atoms with Gasteiger partial charge in [-0.25, -0.2) is 4.98 Å². The minimum absolute atomic E-state index is 0.702. The molecule has 0 aromatic carbocycles. The summed E-state index contributed by atoms with van der Waals surface area (Å²) in [5, 5.41) is 6.58. The standard InChI is InChI=1S/C14H26N4/c1-4-5-6-9-15-13-8-11-17-14(18-13)16-10-7-12(2)3/h8,11-12H,4-7,9-10H2,1-3H3,(H2,15,16,17,18). The third kappa shape index (κ3) is 6.42. The molecule has 1 rings (SSSR count). The fourth-order valence-corrected chi connectivity index (χ4v) is 1.61. The van der Waals surface area contributed by atoms with Crippen molar-refractivity contribution < 1.29 is 0 Å². The van der Waals surface area contributed by atoms with E-state index in [2.05, 4.69) is 41.4 Å². The zero-order valence-corrected chi connectivity index (χ0v) is 11.9. The smallest absolute Gasteiger partial charge is 0.224 e. The molecule has 1 heterocycles. The van der Waals surface area contributed by atoms with Crippen LogP contribution in [0.4, 0.5) is 11.8 Å². The summed E-state index contributed by atoms with van der Waals surface area (Å²) in [6.07, 6.45) is 6.63. The Bertz CT molecular complexity index is 325. The second-order valence-electron chi connectivity index (χ2n) is 5.01. The molecule has 2 N–H and O–H groups in total. The van der Waals surface area contributed by atoms with Crippen molar-refractivity contribution in [2.45, 2.75) is 46.5 Å². The van der Waals surface area contributed by atoms with Gasteiger partial charge in [-0.05, 0) is 24.8 Å². The number of unbranched alkanes of at least 4 members (excludes halogenated alkanes) is 2. The molecule has 0 saturated carbocycles. The highest BCUT2D eigenvalue weighted by atomic mass is 15.1. The second-order valence-corrected chi connectivity index (χ2v) is 5.01. The lowest BCUT2D eigenvalue weighted by molar-refractivity contribution is 0.606. The van der Waals surface area contributed by atoms with Crippen LogP contribution in [-0.4, -0.2) is 23.1 Å². The van der Waals surface area contributed by atoms with E-state index in [1.54, 1.807) is 6.20 Å². The van der Waals surface area contributed by atoms with E-state index in [1.165, 1.54) is 19.3 Å². The van der Waals surface area contributed by atoms with Gasteiger partial charge in [0.1, 0.15) is 5.82 Å². The van der Waals surface area contributed by atoms with Gasteiger partial charge < -0.3 is 10.6 Å². The van der Waals surface area contributed by atoms with Crippen molar-refractivity contribution in [2.24, 2.45) is 5.92 Å². The van der Waals surface area contributed by atoms with Gasteiger partial charge in [-0.1, -0.05) is 33.6 Å². The van der Waals surface area contributed by atoms with Crippen LogP contribution in [0.1, 0.15) is 46.5 Å². The largest absolute Gasteiger partial charge is 0.370 e. The van der Waals surface area contributed by atoms with Crippen LogP contribution in [0.2, 0.25) is 0 Å². The zero-order chi connectivity index (χ0) is 13.2. The Hall–Kier alpha value is -1.32. The molecule has 0 aliphatic heterocycles. The van der Waals surface area contributed by atoms with E-state index in [0.717, 1.165) is 31.3 Å². The van der Waals surface area contributed by atoms with Gasteiger partial charge in [-0.15, -0.1) is 0 Å². The van der Waals surface area contributed by atoms with Gasteiger partial charge in [0.2, 0.25) is 5.95 Å². The normalized spacial score (nSPS) is 10.7. The van der Waals surface area contributed by atoms with Gasteiger partial charge in [-0.2, -0.15) is 4.98 Å². The van der Waals surface area contributed by atoms with Crippen LogP contribution in [-0.2, 0) is 0 Å². The Balaban J connectivity index is 2.32. The Labute approximate surface area is 111 Å². The van der Waals surface area contributed by atoms with Crippen molar-refractivity contribution in [3.8, 4) is 0 Å². The average molecular weight is 250 g/mol. The second kappa shape index (κ2) is 8.72. The lowest BCUT2D eigenvalue weighted by Gasteiger charge is -2.09. The van der Waals surface area contributed by atoms with Crippen LogP contribution in [0, 0.1) is 5.92 Å². The molecule has 102 valence electrons. The number of anilines is 2. The van der Waals surface area contributed by atoms with Crippen molar-refractivity contribution in [1.82, 2.24) is 9.97 Å². The molecular weight excluding hydrogens is 224 g/mol. The molecule has 0 aliphatic rings. The Morgan fingerprint density at radius 1 is 1.17 bits per heavy atom. The maximum Gasteiger partial charge on any atom is 0.224 e. The number of nitrogens with one attached hydrogen (secondary N) is 2. The molecule has 0 bridgehead atoms. The maximum atomic E-state index is 4.43. The molecule has 1 aromatic heterocycles.